The van der Waals surface area contributed by atoms with Crippen molar-refractivity contribution in [1.82, 2.24) is 10.2 Å². The van der Waals surface area contributed by atoms with Crippen LogP contribution in [0.2, 0.25) is 0 Å². The second kappa shape index (κ2) is 6.71. The van der Waals surface area contributed by atoms with Crippen LogP contribution in [-0.4, -0.2) is 53.5 Å². The van der Waals surface area contributed by atoms with Gasteiger partial charge in [0.15, 0.2) is 0 Å². The summed E-state index contributed by atoms with van der Waals surface area (Å²) in [7, 11) is 3.32. The third-order valence-electron chi connectivity index (χ3n) is 5.10. The minimum Gasteiger partial charge on any atom is -0.383 e. The zero-order valence-electron chi connectivity index (χ0n) is 13.8. The van der Waals surface area contributed by atoms with Crippen molar-refractivity contribution in [2.45, 2.75) is 68.9 Å². The number of alkyl halides is 2. The highest BCUT2D eigenvalue weighted by atomic mass is 19.3. The van der Waals surface area contributed by atoms with Gasteiger partial charge in [-0.25, -0.2) is 0 Å². The van der Waals surface area contributed by atoms with E-state index in [2.05, 4.69) is 5.32 Å². The lowest BCUT2D eigenvalue weighted by Gasteiger charge is -2.34. The molecular weight excluding hydrogens is 306 g/mol. The summed E-state index contributed by atoms with van der Waals surface area (Å²) in [5.74, 6) is -5.48. The van der Waals surface area contributed by atoms with Crippen LogP contribution in [0.15, 0.2) is 0 Å². The van der Waals surface area contributed by atoms with Gasteiger partial charge in [-0.2, -0.15) is 8.78 Å². The van der Waals surface area contributed by atoms with E-state index in [-0.39, 0.29) is 24.7 Å². The van der Waals surface area contributed by atoms with Crippen molar-refractivity contribution in [2.24, 2.45) is 5.92 Å². The van der Waals surface area contributed by atoms with Crippen LogP contribution in [0.5, 0.6) is 0 Å². The van der Waals surface area contributed by atoms with Crippen LogP contribution in [0, 0.1) is 5.92 Å². The summed E-state index contributed by atoms with van der Waals surface area (Å²) in [6.07, 6.45) is 3.27. The third kappa shape index (κ3) is 3.65. The molecule has 0 aromatic rings. The molecule has 0 radical (unpaired) electrons. The van der Waals surface area contributed by atoms with Crippen LogP contribution in [0.1, 0.15) is 51.4 Å². The molecular formula is C16H26F2N2O3. The van der Waals surface area contributed by atoms with Crippen LogP contribution >= 0.6 is 0 Å². The normalized spacial score (nSPS) is 27.5. The first-order valence-corrected chi connectivity index (χ1v) is 8.30. The Morgan fingerprint density at radius 2 is 1.78 bits per heavy atom. The number of aliphatic hydroxyl groups is 1. The fourth-order valence-electron chi connectivity index (χ4n) is 3.67. The van der Waals surface area contributed by atoms with Crippen molar-refractivity contribution in [2.75, 3.05) is 14.1 Å². The first-order valence-electron chi connectivity index (χ1n) is 8.30. The molecule has 0 bridgehead atoms. The predicted octanol–water partition coefficient (Wildman–Crippen LogP) is 1.69. The smallest absolute Gasteiger partial charge is 0.352 e. The summed E-state index contributed by atoms with van der Waals surface area (Å²) < 4.78 is 28.6. The summed E-state index contributed by atoms with van der Waals surface area (Å²) in [5.41, 5.74) is -2.23. The standard InChI is InChI=1S/C16H26F2N2O3/c1-20(2)13(21)11-6-5-7-12(10-11)19-14(22)16(17,18)15(23)8-3-4-9-15/h11-12,23H,3-10H2,1-2H3,(H,19,22)/t11-,12+/m0/s1. The second-order valence-electron chi connectivity index (χ2n) is 7.08. The van der Waals surface area contributed by atoms with E-state index < -0.39 is 23.5 Å². The van der Waals surface area contributed by atoms with Crippen molar-refractivity contribution < 1.29 is 23.5 Å². The minimum atomic E-state index is -3.79. The van der Waals surface area contributed by atoms with Crippen molar-refractivity contribution >= 4 is 11.8 Å². The highest BCUT2D eigenvalue weighted by molar-refractivity contribution is 5.85. The number of halogens is 2. The molecule has 2 amide bonds. The van der Waals surface area contributed by atoms with Gasteiger partial charge in [0.1, 0.15) is 5.60 Å². The topological polar surface area (TPSA) is 69.6 Å². The number of carbonyl (C=O) groups is 2. The molecule has 2 atom stereocenters. The summed E-state index contributed by atoms with van der Waals surface area (Å²) >= 11 is 0. The van der Waals surface area contributed by atoms with Gasteiger partial charge in [-0.1, -0.05) is 19.3 Å². The fraction of sp³-hybridized carbons (Fsp3) is 0.875. The maximum absolute atomic E-state index is 14.3. The Hall–Kier alpha value is -1.24. The first-order chi connectivity index (χ1) is 10.7. The molecule has 5 nitrogen and oxygen atoms in total. The van der Waals surface area contributed by atoms with Crippen LogP contribution in [0.25, 0.3) is 0 Å². The number of hydrogen-bond acceptors (Lipinski definition) is 3. The van der Waals surface area contributed by atoms with Gasteiger partial charge < -0.3 is 15.3 Å². The van der Waals surface area contributed by atoms with E-state index in [4.69, 9.17) is 0 Å². The summed E-state index contributed by atoms with van der Waals surface area (Å²) in [5, 5.41) is 12.4. The van der Waals surface area contributed by atoms with Gasteiger partial charge >= 0.3 is 5.92 Å². The van der Waals surface area contributed by atoms with Gasteiger partial charge in [0.25, 0.3) is 5.91 Å². The van der Waals surface area contributed by atoms with Gasteiger partial charge in [-0.3, -0.25) is 9.59 Å². The molecule has 0 aromatic carbocycles. The maximum Gasteiger partial charge on any atom is 0.352 e. The molecule has 0 saturated heterocycles. The molecule has 2 rings (SSSR count). The largest absolute Gasteiger partial charge is 0.383 e. The zero-order valence-corrected chi connectivity index (χ0v) is 13.8. The van der Waals surface area contributed by atoms with Crippen molar-refractivity contribution in [3.05, 3.63) is 0 Å². The van der Waals surface area contributed by atoms with Crippen LogP contribution < -0.4 is 5.32 Å². The molecule has 2 saturated carbocycles. The quantitative estimate of drug-likeness (QED) is 0.823. The first kappa shape index (κ1) is 18.1. The molecule has 0 aliphatic heterocycles. The highest BCUT2D eigenvalue weighted by Crippen LogP contribution is 2.42. The molecule has 2 aliphatic rings. The Morgan fingerprint density at radius 1 is 1.17 bits per heavy atom. The van der Waals surface area contributed by atoms with E-state index in [1.165, 1.54) is 4.90 Å². The number of amides is 2. The van der Waals surface area contributed by atoms with E-state index in [0.717, 1.165) is 0 Å². The van der Waals surface area contributed by atoms with Gasteiger partial charge in [-0.15, -0.1) is 0 Å². The Balaban J connectivity index is 1.98. The average Bonchev–Trinajstić information content (AvgIpc) is 2.95. The SMILES string of the molecule is CN(C)C(=O)[C@H]1CCC[C@@H](NC(=O)C(F)(F)C2(O)CCCC2)C1. The molecule has 0 spiro atoms. The van der Waals surface area contributed by atoms with E-state index in [1.807, 2.05) is 0 Å². The van der Waals surface area contributed by atoms with Gasteiger partial charge in [-0.05, 0) is 32.1 Å². The highest BCUT2D eigenvalue weighted by Gasteiger charge is 2.59. The van der Waals surface area contributed by atoms with Gasteiger partial charge in [0, 0.05) is 26.1 Å². The van der Waals surface area contributed by atoms with Crippen molar-refractivity contribution in [3.8, 4) is 0 Å². The fourth-order valence-corrected chi connectivity index (χ4v) is 3.67. The summed E-state index contributed by atoms with van der Waals surface area (Å²) in [6, 6.07) is -0.443. The molecule has 2 N–H and O–H groups in total. The Labute approximate surface area is 135 Å². The number of nitrogens with zero attached hydrogens (tertiary/aromatic N) is 1. The molecule has 2 aliphatic carbocycles. The molecule has 0 aromatic heterocycles. The molecule has 7 heteroatoms. The van der Waals surface area contributed by atoms with E-state index in [1.54, 1.807) is 14.1 Å². The lowest BCUT2D eigenvalue weighted by Crippen LogP contribution is -2.58. The van der Waals surface area contributed by atoms with Crippen molar-refractivity contribution in [3.63, 3.8) is 0 Å². The maximum atomic E-state index is 14.3. The van der Waals surface area contributed by atoms with Crippen LogP contribution in [0.4, 0.5) is 8.78 Å². The van der Waals surface area contributed by atoms with E-state index >= 15 is 0 Å². The van der Waals surface area contributed by atoms with Crippen LogP contribution in [-0.2, 0) is 9.59 Å². The lowest BCUT2D eigenvalue weighted by atomic mass is 9.84. The van der Waals surface area contributed by atoms with Gasteiger partial charge in [0.05, 0.1) is 0 Å². The number of rotatable bonds is 4. The number of nitrogens with one attached hydrogen (secondary N) is 1. The summed E-state index contributed by atoms with van der Waals surface area (Å²) in [4.78, 5) is 25.5. The number of hydrogen-bond donors (Lipinski definition) is 2. The molecule has 0 heterocycles. The summed E-state index contributed by atoms with van der Waals surface area (Å²) in [6.45, 7) is 0. The monoisotopic (exact) mass is 332 g/mol. The Morgan fingerprint density at radius 3 is 2.35 bits per heavy atom. The van der Waals surface area contributed by atoms with E-state index in [9.17, 15) is 23.5 Å². The lowest BCUT2D eigenvalue weighted by molar-refractivity contribution is -0.191. The minimum absolute atomic E-state index is 0.0369. The molecule has 2 fully saturated rings. The third-order valence-corrected chi connectivity index (χ3v) is 5.10. The zero-order chi connectivity index (χ0) is 17.3. The second-order valence-corrected chi connectivity index (χ2v) is 7.08. The molecule has 23 heavy (non-hydrogen) atoms. The van der Waals surface area contributed by atoms with Crippen LogP contribution in [0.3, 0.4) is 0 Å². The predicted molar refractivity (Wildman–Crippen MR) is 80.9 cm³/mol. The van der Waals surface area contributed by atoms with Crippen molar-refractivity contribution in [1.29, 1.82) is 0 Å². The molecule has 0 unspecified atom stereocenters. The molecule has 132 valence electrons. The Kier molecular flexibility index (Phi) is 5.28. The van der Waals surface area contributed by atoms with E-state index in [0.29, 0.717) is 38.5 Å². The number of carbonyl (C=O) groups excluding carboxylic acids is 2. The Bertz CT molecular complexity index is 462. The van der Waals surface area contributed by atoms with Gasteiger partial charge in [0.2, 0.25) is 5.91 Å². The average molecular weight is 332 g/mol.